The van der Waals surface area contributed by atoms with Gasteiger partial charge < -0.3 is 4.43 Å². The number of carbonyl (C=O) groups is 1. The highest BCUT2D eigenvalue weighted by Gasteiger charge is 2.22. The largest absolute Gasteiger partial charge is 0.525 e. The molecule has 0 atom stereocenters. The lowest BCUT2D eigenvalue weighted by atomic mass is 9.85. The first kappa shape index (κ1) is 13.3. The third-order valence-corrected chi connectivity index (χ3v) is 3.43. The summed E-state index contributed by atoms with van der Waals surface area (Å²) < 4.78 is 4.94. The molecule has 2 aromatic rings. The lowest BCUT2D eigenvalue weighted by Gasteiger charge is -2.19. The molecule has 19 heavy (non-hydrogen) atoms. The smallest absolute Gasteiger partial charge is 0.320 e. The van der Waals surface area contributed by atoms with E-state index in [2.05, 4.69) is 6.58 Å². The van der Waals surface area contributed by atoms with Gasteiger partial charge in [-0.1, -0.05) is 67.2 Å². The molecule has 0 fully saturated rings. The maximum Gasteiger partial charge on any atom is 0.320 e. The van der Waals surface area contributed by atoms with Gasteiger partial charge in [0.25, 0.3) is 0 Å². The van der Waals surface area contributed by atoms with E-state index in [0.29, 0.717) is 16.1 Å². The van der Waals surface area contributed by atoms with Gasteiger partial charge in [0.15, 0.2) is 0 Å². The summed E-state index contributed by atoms with van der Waals surface area (Å²) in [4.78, 5) is 11.8. The van der Waals surface area contributed by atoms with Gasteiger partial charge in [-0.3, -0.25) is 0 Å². The molecule has 0 aliphatic carbocycles. The van der Waals surface area contributed by atoms with Gasteiger partial charge >= 0.3 is 5.97 Å². The lowest BCUT2D eigenvalue weighted by Crippen LogP contribution is -2.14. The molecule has 0 spiro atoms. The topological polar surface area (TPSA) is 26.3 Å². The van der Waals surface area contributed by atoms with Gasteiger partial charge in [-0.2, -0.15) is 0 Å². The van der Waals surface area contributed by atoms with Crippen LogP contribution in [0.5, 0.6) is 0 Å². The third kappa shape index (κ3) is 3.00. The highest BCUT2D eigenvalue weighted by Crippen LogP contribution is 2.31. The summed E-state index contributed by atoms with van der Waals surface area (Å²) in [5.41, 5.74) is 2.57. The molecular formula is C16H16O2Si. The van der Waals surface area contributed by atoms with E-state index in [9.17, 15) is 4.79 Å². The fourth-order valence-electron chi connectivity index (χ4n) is 2.13. The van der Waals surface area contributed by atoms with Crippen molar-refractivity contribution in [1.29, 1.82) is 0 Å². The monoisotopic (exact) mass is 268 g/mol. The molecule has 0 radical (unpaired) electrons. The second-order valence-corrected chi connectivity index (χ2v) is 4.68. The van der Waals surface area contributed by atoms with Crippen LogP contribution in [0.2, 0.25) is 0 Å². The molecule has 0 N–H and O–H groups in total. The predicted octanol–water partition coefficient (Wildman–Crippen LogP) is 2.20. The second kappa shape index (κ2) is 6.16. The van der Waals surface area contributed by atoms with E-state index in [1.165, 1.54) is 0 Å². The zero-order chi connectivity index (χ0) is 13.7. The van der Waals surface area contributed by atoms with Crippen LogP contribution in [0.15, 0.2) is 72.8 Å². The molecular weight excluding hydrogens is 252 g/mol. The molecule has 2 rings (SSSR count). The van der Waals surface area contributed by atoms with E-state index in [0.717, 1.165) is 11.1 Å². The number of hydrogen-bond acceptors (Lipinski definition) is 2. The number of benzene rings is 2. The van der Waals surface area contributed by atoms with Gasteiger partial charge in [-0.25, -0.2) is 4.79 Å². The Labute approximate surface area is 116 Å². The Bertz CT molecular complexity index is 524. The van der Waals surface area contributed by atoms with E-state index in [1.54, 1.807) is 0 Å². The van der Waals surface area contributed by atoms with E-state index >= 15 is 0 Å². The van der Waals surface area contributed by atoms with Crippen molar-refractivity contribution in [2.24, 2.45) is 0 Å². The van der Waals surface area contributed by atoms with Crippen molar-refractivity contribution in [2.45, 2.75) is 5.92 Å². The Morgan fingerprint density at radius 2 is 1.37 bits per heavy atom. The van der Waals surface area contributed by atoms with Crippen molar-refractivity contribution in [3.05, 3.63) is 83.9 Å². The SMILES string of the molecule is C=C(C(=O)O[SiH3])C(c1ccccc1)c1ccccc1. The molecule has 0 aliphatic heterocycles. The summed E-state index contributed by atoms with van der Waals surface area (Å²) in [6.45, 7) is 3.93. The Kier molecular flexibility index (Phi) is 4.31. The number of rotatable bonds is 4. The van der Waals surface area contributed by atoms with Crippen LogP contribution in [-0.4, -0.2) is 16.5 Å². The molecule has 0 saturated heterocycles. The van der Waals surface area contributed by atoms with Crippen LogP contribution in [0, 0.1) is 0 Å². The maximum atomic E-state index is 11.8. The second-order valence-electron chi connectivity index (χ2n) is 4.27. The van der Waals surface area contributed by atoms with Gasteiger partial charge in [0, 0.05) is 11.5 Å². The highest BCUT2D eigenvalue weighted by molar-refractivity contribution is 6.09. The molecule has 0 unspecified atom stereocenters. The quantitative estimate of drug-likeness (QED) is 0.628. The molecule has 0 heterocycles. The van der Waals surface area contributed by atoms with Gasteiger partial charge in [0.1, 0.15) is 0 Å². The summed E-state index contributed by atoms with van der Waals surface area (Å²) in [5.74, 6) is -0.465. The lowest BCUT2D eigenvalue weighted by molar-refractivity contribution is -0.130. The standard InChI is InChI=1S/C16H16O2Si/c1-12(16(17)18-19)15(13-8-4-2-5-9-13)14-10-6-3-7-11-14/h2-11,15H,1H2,19H3. The Morgan fingerprint density at radius 1 is 0.947 bits per heavy atom. The fourth-order valence-corrected chi connectivity index (χ4v) is 2.40. The van der Waals surface area contributed by atoms with Crippen molar-refractivity contribution < 1.29 is 9.22 Å². The summed E-state index contributed by atoms with van der Waals surface area (Å²) >= 11 is 0. The predicted molar refractivity (Wildman–Crippen MR) is 79.9 cm³/mol. The first-order valence-electron chi connectivity index (χ1n) is 6.11. The fraction of sp³-hybridized carbons (Fsp3) is 0.0625. The zero-order valence-corrected chi connectivity index (χ0v) is 12.9. The van der Waals surface area contributed by atoms with Crippen molar-refractivity contribution in [2.75, 3.05) is 0 Å². The molecule has 2 nitrogen and oxygen atoms in total. The van der Waals surface area contributed by atoms with E-state index in [1.807, 2.05) is 60.7 Å². The maximum absolute atomic E-state index is 11.8. The molecule has 0 aliphatic rings. The van der Waals surface area contributed by atoms with Crippen LogP contribution in [0.4, 0.5) is 0 Å². The average Bonchev–Trinajstić information content (AvgIpc) is 2.49. The number of hydrogen-bond donors (Lipinski definition) is 0. The summed E-state index contributed by atoms with van der Waals surface area (Å²) in [7, 11) is 0.381. The minimum Gasteiger partial charge on any atom is -0.525 e. The Balaban J connectivity index is 2.46. The van der Waals surface area contributed by atoms with Gasteiger partial charge in [0.2, 0.25) is 10.5 Å². The summed E-state index contributed by atoms with van der Waals surface area (Å²) in [6, 6.07) is 19.8. The van der Waals surface area contributed by atoms with Crippen molar-refractivity contribution in [1.82, 2.24) is 0 Å². The van der Waals surface area contributed by atoms with Crippen LogP contribution < -0.4 is 0 Å². The summed E-state index contributed by atoms with van der Waals surface area (Å²) in [6.07, 6.45) is 0. The van der Waals surface area contributed by atoms with Crippen molar-refractivity contribution in [3.8, 4) is 0 Å². The minimum absolute atomic E-state index is 0.149. The van der Waals surface area contributed by atoms with Crippen molar-refractivity contribution >= 4 is 16.5 Å². The van der Waals surface area contributed by atoms with Crippen LogP contribution in [0.1, 0.15) is 17.0 Å². The third-order valence-electron chi connectivity index (χ3n) is 3.06. The highest BCUT2D eigenvalue weighted by atomic mass is 28.2. The van der Waals surface area contributed by atoms with Crippen LogP contribution in [-0.2, 0) is 9.22 Å². The van der Waals surface area contributed by atoms with Crippen molar-refractivity contribution in [3.63, 3.8) is 0 Å². The van der Waals surface area contributed by atoms with E-state index < -0.39 is 0 Å². The molecule has 0 saturated carbocycles. The molecule has 0 bridgehead atoms. The molecule has 0 amide bonds. The minimum atomic E-state index is -0.315. The molecule has 96 valence electrons. The zero-order valence-electron chi connectivity index (χ0n) is 10.9. The van der Waals surface area contributed by atoms with E-state index in [4.69, 9.17) is 4.43 Å². The summed E-state index contributed by atoms with van der Waals surface area (Å²) in [5, 5.41) is 0. The van der Waals surface area contributed by atoms with Crippen LogP contribution in [0.25, 0.3) is 0 Å². The normalized spacial score (nSPS) is 10.4. The molecule has 0 aromatic heterocycles. The van der Waals surface area contributed by atoms with E-state index in [-0.39, 0.29) is 11.9 Å². The van der Waals surface area contributed by atoms with Gasteiger partial charge in [-0.05, 0) is 11.1 Å². The average molecular weight is 268 g/mol. The molecule has 3 heteroatoms. The molecule has 2 aromatic carbocycles. The Morgan fingerprint density at radius 3 is 1.74 bits per heavy atom. The van der Waals surface area contributed by atoms with Gasteiger partial charge in [0.05, 0.1) is 0 Å². The Hall–Kier alpha value is -2.13. The van der Waals surface area contributed by atoms with Gasteiger partial charge in [-0.15, -0.1) is 0 Å². The first-order valence-corrected chi connectivity index (χ1v) is 6.92. The van der Waals surface area contributed by atoms with Crippen LogP contribution >= 0.6 is 0 Å². The number of carbonyl (C=O) groups excluding carboxylic acids is 1. The van der Waals surface area contributed by atoms with Crippen LogP contribution in [0.3, 0.4) is 0 Å². The first-order chi connectivity index (χ1) is 9.24.